The average Bonchev–Trinajstić information content (AvgIpc) is 3.46. The molecular formula is C24H19N3O5S. The van der Waals surface area contributed by atoms with Gasteiger partial charge >= 0.3 is 5.97 Å². The number of rotatable bonds is 6. The van der Waals surface area contributed by atoms with Crippen molar-refractivity contribution in [1.82, 2.24) is 0 Å². The number of para-hydroxylation sites is 1. The Bertz CT molecular complexity index is 1220. The molecule has 166 valence electrons. The van der Waals surface area contributed by atoms with E-state index >= 15 is 0 Å². The maximum Gasteiger partial charge on any atom is 0.337 e. The second-order valence-corrected chi connectivity index (χ2v) is 7.76. The molecule has 0 aliphatic carbocycles. The Hall–Kier alpha value is -4.11. The summed E-state index contributed by atoms with van der Waals surface area (Å²) >= 11 is 1.14. The van der Waals surface area contributed by atoms with Gasteiger partial charge in [0.05, 0.1) is 30.4 Å². The number of benzene rings is 2. The van der Waals surface area contributed by atoms with E-state index in [9.17, 15) is 14.4 Å². The van der Waals surface area contributed by atoms with Crippen LogP contribution in [0.5, 0.6) is 0 Å². The molecule has 0 saturated heterocycles. The highest BCUT2D eigenvalue weighted by molar-refractivity contribution is 8.14. The molecule has 1 N–H and O–H groups in total. The van der Waals surface area contributed by atoms with E-state index in [1.165, 1.54) is 18.3 Å². The third kappa shape index (κ3) is 5.21. The molecule has 0 bridgehead atoms. The lowest BCUT2D eigenvalue weighted by Gasteiger charge is -2.17. The normalized spacial score (nSPS) is 14.3. The first-order valence-corrected chi connectivity index (χ1v) is 10.9. The third-order valence-corrected chi connectivity index (χ3v) is 5.53. The predicted molar refractivity (Wildman–Crippen MR) is 127 cm³/mol. The molecule has 8 nitrogen and oxygen atoms in total. The highest BCUT2D eigenvalue weighted by atomic mass is 32.2. The zero-order valence-electron chi connectivity index (χ0n) is 17.6. The van der Waals surface area contributed by atoms with Crippen LogP contribution in [0.15, 0.2) is 88.1 Å². The second-order valence-electron chi connectivity index (χ2n) is 6.82. The van der Waals surface area contributed by atoms with Crippen LogP contribution in [0.3, 0.4) is 0 Å². The number of hydrogen-bond acceptors (Lipinski definition) is 7. The van der Waals surface area contributed by atoms with E-state index in [0.717, 1.165) is 11.8 Å². The van der Waals surface area contributed by atoms with Gasteiger partial charge in [0.2, 0.25) is 5.91 Å². The van der Waals surface area contributed by atoms with Crippen LogP contribution in [0.1, 0.15) is 16.1 Å². The average molecular weight is 461 g/mol. The zero-order valence-corrected chi connectivity index (χ0v) is 18.4. The number of carbonyl (C=O) groups is 3. The summed E-state index contributed by atoms with van der Waals surface area (Å²) in [6.07, 6.45) is 3.08. The Morgan fingerprint density at radius 1 is 1.09 bits per heavy atom. The molecule has 1 aromatic heterocycles. The van der Waals surface area contributed by atoms with Gasteiger partial charge in [-0.05, 0) is 48.5 Å². The Morgan fingerprint density at radius 3 is 2.52 bits per heavy atom. The molecule has 2 aromatic carbocycles. The van der Waals surface area contributed by atoms with Crippen molar-refractivity contribution in [3.63, 3.8) is 0 Å². The number of esters is 1. The Kier molecular flexibility index (Phi) is 6.70. The fraction of sp³-hybridized carbons (Fsp3) is 0.0833. The number of amidine groups is 1. The third-order valence-electron chi connectivity index (χ3n) is 4.59. The molecule has 9 heteroatoms. The molecule has 0 saturated carbocycles. The number of aliphatic imine (C=N–C) groups is 1. The number of thioether (sulfide) groups is 1. The monoisotopic (exact) mass is 461 g/mol. The molecule has 1 aliphatic heterocycles. The van der Waals surface area contributed by atoms with Crippen LogP contribution >= 0.6 is 11.8 Å². The number of methoxy groups -OCH3 is 1. The van der Waals surface area contributed by atoms with E-state index in [2.05, 4.69) is 15.0 Å². The van der Waals surface area contributed by atoms with Crippen molar-refractivity contribution >= 4 is 52.2 Å². The van der Waals surface area contributed by atoms with Crippen LogP contribution < -0.4 is 10.2 Å². The van der Waals surface area contributed by atoms with Crippen LogP contribution in [-0.4, -0.2) is 35.8 Å². The minimum Gasteiger partial charge on any atom is -0.465 e. The van der Waals surface area contributed by atoms with Gasteiger partial charge in [-0.25, -0.2) is 9.79 Å². The van der Waals surface area contributed by atoms with Gasteiger partial charge in [0, 0.05) is 11.8 Å². The molecule has 0 atom stereocenters. The number of anilines is 2. The molecule has 2 amide bonds. The van der Waals surface area contributed by atoms with E-state index < -0.39 is 5.97 Å². The molecule has 1 aliphatic rings. The number of furan rings is 1. The summed E-state index contributed by atoms with van der Waals surface area (Å²) in [7, 11) is 1.31. The Balaban J connectivity index is 1.47. The molecule has 4 rings (SSSR count). The Labute approximate surface area is 193 Å². The molecule has 0 radical (unpaired) electrons. The van der Waals surface area contributed by atoms with Crippen LogP contribution in [0.25, 0.3) is 6.08 Å². The molecule has 0 unspecified atom stereocenters. The largest absolute Gasteiger partial charge is 0.465 e. The molecule has 33 heavy (non-hydrogen) atoms. The highest BCUT2D eigenvalue weighted by Gasteiger charge is 2.32. The van der Waals surface area contributed by atoms with Crippen molar-refractivity contribution < 1.29 is 23.5 Å². The van der Waals surface area contributed by atoms with Crippen molar-refractivity contribution in [2.75, 3.05) is 23.1 Å². The zero-order chi connectivity index (χ0) is 23.2. The van der Waals surface area contributed by atoms with Crippen LogP contribution in [0.4, 0.5) is 11.4 Å². The van der Waals surface area contributed by atoms with Crippen LogP contribution in [0.2, 0.25) is 0 Å². The summed E-state index contributed by atoms with van der Waals surface area (Å²) < 4.78 is 9.96. The smallest absolute Gasteiger partial charge is 0.337 e. The van der Waals surface area contributed by atoms with E-state index in [1.807, 2.05) is 18.2 Å². The summed E-state index contributed by atoms with van der Waals surface area (Å²) in [4.78, 5) is 43.0. The SMILES string of the molecule is COC(=O)c1ccc(NC(=O)CSC2=N/C(=C/c3ccco3)C(=O)N2c2ccccc2)cc1. The van der Waals surface area contributed by atoms with Crippen molar-refractivity contribution in [2.45, 2.75) is 0 Å². The van der Waals surface area contributed by atoms with Gasteiger partial charge in [-0.1, -0.05) is 30.0 Å². The van der Waals surface area contributed by atoms with Gasteiger partial charge in [-0.2, -0.15) is 0 Å². The minimum absolute atomic E-state index is 0.0300. The summed E-state index contributed by atoms with van der Waals surface area (Å²) in [5, 5.41) is 3.15. The van der Waals surface area contributed by atoms with Gasteiger partial charge in [0.15, 0.2) is 5.17 Å². The summed E-state index contributed by atoms with van der Waals surface area (Å²) in [6.45, 7) is 0. The van der Waals surface area contributed by atoms with E-state index in [4.69, 9.17) is 4.42 Å². The lowest BCUT2D eigenvalue weighted by Crippen LogP contribution is -2.31. The topological polar surface area (TPSA) is 101 Å². The first-order chi connectivity index (χ1) is 16.0. The number of nitrogens with zero attached hydrogens (tertiary/aromatic N) is 2. The fourth-order valence-electron chi connectivity index (χ4n) is 3.04. The van der Waals surface area contributed by atoms with Crippen molar-refractivity contribution in [1.29, 1.82) is 0 Å². The summed E-state index contributed by atoms with van der Waals surface area (Å²) in [5.74, 6) is -0.500. The van der Waals surface area contributed by atoms with Gasteiger partial charge in [-0.3, -0.25) is 14.5 Å². The van der Waals surface area contributed by atoms with Crippen molar-refractivity contribution in [3.8, 4) is 0 Å². The van der Waals surface area contributed by atoms with E-state index in [0.29, 0.717) is 27.9 Å². The first-order valence-electron chi connectivity index (χ1n) is 9.89. The number of hydrogen-bond donors (Lipinski definition) is 1. The van der Waals surface area contributed by atoms with Gasteiger partial charge in [-0.15, -0.1) is 0 Å². The number of ether oxygens (including phenoxy) is 1. The van der Waals surface area contributed by atoms with E-state index in [-0.39, 0.29) is 23.3 Å². The lowest BCUT2D eigenvalue weighted by atomic mass is 10.2. The molecule has 0 fully saturated rings. The molecular weight excluding hydrogens is 442 g/mol. The van der Waals surface area contributed by atoms with Crippen LogP contribution in [0, 0.1) is 0 Å². The maximum absolute atomic E-state index is 13.0. The van der Waals surface area contributed by atoms with Crippen LogP contribution in [-0.2, 0) is 14.3 Å². The summed E-state index contributed by atoms with van der Waals surface area (Å²) in [5.41, 5.74) is 1.79. The molecule has 0 spiro atoms. The fourth-order valence-corrected chi connectivity index (χ4v) is 3.85. The van der Waals surface area contributed by atoms with Crippen molar-refractivity contribution in [2.24, 2.45) is 4.99 Å². The minimum atomic E-state index is -0.452. The second kappa shape index (κ2) is 10.0. The lowest BCUT2D eigenvalue weighted by molar-refractivity contribution is -0.114. The predicted octanol–water partition coefficient (Wildman–Crippen LogP) is 4.18. The highest BCUT2D eigenvalue weighted by Crippen LogP contribution is 2.29. The standard InChI is InChI=1S/C24H19N3O5S/c1-31-23(30)16-9-11-17(12-10-16)25-21(28)15-33-24-26-20(14-19-8-5-13-32-19)22(29)27(24)18-6-3-2-4-7-18/h2-14H,15H2,1H3,(H,25,28)/b20-14+. The van der Waals surface area contributed by atoms with Gasteiger partial charge < -0.3 is 14.5 Å². The first kappa shape index (κ1) is 22.1. The van der Waals surface area contributed by atoms with E-state index in [1.54, 1.807) is 54.6 Å². The molecule has 3 aromatic rings. The van der Waals surface area contributed by atoms with Gasteiger partial charge in [0.1, 0.15) is 11.5 Å². The number of carbonyl (C=O) groups excluding carboxylic acids is 3. The summed E-state index contributed by atoms with van der Waals surface area (Å²) in [6, 6.07) is 18.9. The number of amides is 2. The quantitative estimate of drug-likeness (QED) is 0.437. The maximum atomic E-state index is 13.0. The number of nitrogens with one attached hydrogen (secondary N) is 1. The van der Waals surface area contributed by atoms with Gasteiger partial charge in [0.25, 0.3) is 5.91 Å². The molecule has 2 heterocycles. The van der Waals surface area contributed by atoms with Crippen molar-refractivity contribution in [3.05, 3.63) is 90.0 Å². The Morgan fingerprint density at radius 2 is 1.85 bits per heavy atom.